The second kappa shape index (κ2) is 9.77. The number of urea groups is 1. The molecule has 0 saturated carbocycles. The van der Waals surface area contributed by atoms with Crippen LogP contribution in [0.2, 0.25) is 0 Å². The van der Waals surface area contributed by atoms with E-state index in [-0.39, 0.29) is 6.03 Å². The summed E-state index contributed by atoms with van der Waals surface area (Å²) in [5.74, 6) is 1.39. The van der Waals surface area contributed by atoms with Gasteiger partial charge in [0.15, 0.2) is 11.0 Å². The largest absolute Gasteiger partial charge is 0.324 e. The van der Waals surface area contributed by atoms with E-state index in [1.165, 1.54) is 11.8 Å². The Balaban J connectivity index is 1.25. The molecule has 8 nitrogen and oxygen atoms in total. The lowest BCUT2D eigenvalue weighted by Gasteiger charge is -2.11. The van der Waals surface area contributed by atoms with Gasteiger partial charge in [0, 0.05) is 38.8 Å². The molecule has 0 aliphatic carbocycles. The molecular weight excluding hydrogens is 478 g/mol. The summed E-state index contributed by atoms with van der Waals surface area (Å²) in [4.78, 5) is 22.7. The third kappa shape index (κ3) is 5.61. The third-order valence-electron chi connectivity index (χ3n) is 5.09. The second-order valence-corrected chi connectivity index (χ2v) is 10.1. The van der Waals surface area contributed by atoms with Gasteiger partial charge in [-0.25, -0.2) is 14.8 Å². The Morgan fingerprint density at radius 3 is 2.57 bits per heavy atom. The van der Waals surface area contributed by atoms with Crippen molar-refractivity contribution < 1.29 is 4.79 Å². The van der Waals surface area contributed by atoms with Crippen LogP contribution in [0.1, 0.15) is 17.0 Å². The summed E-state index contributed by atoms with van der Waals surface area (Å²) < 4.78 is 1.14. The van der Waals surface area contributed by atoms with Crippen molar-refractivity contribution in [3.8, 4) is 0 Å². The standard InChI is InChI=1S/C25H23N7OS2/c1-14-10-18(27-24(33)30-23-13-17-6-4-5-7-20(17)34-23)8-9-19(14)35-25-26-15(2)11-21(29-25)28-22-12-16(3)31-32-22/h4-13H,1-3H3,(H2,27,30,33)(H2,26,28,29,31,32). The number of aromatic amines is 1. The van der Waals surface area contributed by atoms with Crippen LogP contribution < -0.4 is 16.0 Å². The molecule has 2 aromatic carbocycles. The number of hydrogen-bond donors (Lipinski definition) is 4. The number of nitrogens with zero attached hydrogens (tertiary/aromatic N) is 3. The normalized spacial score (nSPS) is 10.9. The number of H-pyrrole nitrogens is 1. The van der Waals surface area contributed by atoms with Crippen LogP contribution in [0.5, 0.6) is 0 Å². The van der Waals surface area contributed by atoms with E-state index in [0.717, 1.165) is 36.9 Å². The van der Waals surface area contributed by atoms with Crippen LogP contribution in [-0.2, 0) is 0 Å². The average molecular weight is 502 g/mol. The van der Waals surface area contributed by atoms with Gasteiger partial charge in [-0.05, 0) is 73.8 Å². The number of fused-ring (bicyclic) bond motifs is 1. The minimum absolute atomic E-state index is 0.275. The molecule has 0 fully saturated rings. The number of thiophene rings is 1. The Labute approximate surface area is 210 Å². The number of carbonyl (C=O) groups is 1. The summed E-state index contributed by atoms with van der Waals surface area (Å²) in [6.45, 7) is 5.88. The van der Waals surface area contributed by atoms with Crippen LogP contribution in [0.4, 0.5) is 27.1 Å². The van der Waals surface area contributed by atoms with Crippen molar-refractivity contribution in [2.24, 2.45) is 0 Å². The summed E-state index contributed by atoms with van der Waals surface area (Å²) in [5, 5.41) is 18.7. The first kappa shape index (κ1) is 22.9. The molecule has 5 rings (SSSR count). The Morgan fingerprint density at radius 1 is 0.943 bits per heavy atom. The Bertz CT molecular complexity index is 1490. The van der Waals surface area contributed by atoms with E-state index in [1.807, 2.05) is 81.4 Å². The molecule has 0 spiro atoms. The van der Waals surface area contributed by atoms with Gasteiger partial charge in [-0.2, -0.15) is 5.10 Å². The molecule has 0 unspecified atom stereocenters. The molecule has 0 aliphatic rings. The molecule has 5 aromatic rings. The molecular formula is C25H23N7OS2. The highest BCUT2D eigenvalue weighted by atomic mass is 32.2. The number of aryl methyl sites for hydroxylation is 3. The summed E-state index contributed by atoms with van der Waals surface area (Å²) in [7, 11) is 0. The highest BCUT2D eigenvalue weighted by Gasteiger charge is 2.11. The van der Waals surface area contributed by atoms with Crippen LogP contribution in [-0.4, -0.2) is 26.2 Å². The summed E-state index contributed by atoms with van der Waals surface area (Å²) in [5.41, 5.74) is 3.55. The number of aromatic nitrogens is 4. The van der Waals surface area contributed by atoms with Crippen molar-refractivity contribution in [3.05, 3.63) is 77.6 Å². The van der Waals surface area contributed by atoms with Gasteiger partial charge in [-0.3, -0.25) is 10.4 Å². The molecule has 4 N–H and O–H groups in total. The summed E-state index contributed by atoms with van der Waals surface area (Å²) >= 11 is 3.02. The molecule has 35 heavy (non-hydrogen) atoms. The number of carbonyl (C=O) groups excluding carboxylic acids is 1. The minimum Gasteiger partial charge on any atom is -0.323 e. The van der Waals surface area contributed by atoms with Crippen molar-refractivity contribution in [2.75, 3.05) is 16.0 Å². The van der Waals surface area contributed by atoms with Gasteiger partial charge in [0.25, 0.3) is 0 Å². The fraction of sp³-hybridized carbons (Fsp3) is 0.120. The molecule has 0 saturated heterocycles. The summed E-state index contributed by atoms with van der Waals surface area (Å²) in [6, 6.07) is 19.3. The van der Waals surface area contributed by atoms with Crippen molar-refractivity contribution in [3.63, 3.8) is 0 Å². The van der Waals surface area contributed by atoms with Gasteiger partial charge < -0.3 is 10.6 Å². The lowest BCUT2D eigenvalue weighted by molar-refractivity contribution is 0.262. The predicted molar refractivity (Wildman–Crippen MR) is 143 cm³/mol. The first-order chi connectivity index (χ1) is 16.9. The van der Waals surface area contributed by atoms with Crippen LogP contribution >= 0.6 is 23.1 Å². The fourth-order valence-electron chi connectivity index (χ4n) is 3.52. The monoisotopic (exact) mass is 501 g/mol. The van der Waals surface area contributed by atoms with Crippen molar-refractivity contribution in [1.82, 2.24) is 20.2 Å². The highest BCUT2D eigenvalue weighted by molar-refractivity contribution is 7.99. The van der Waals surface area contributed by atoms with Crippen LogP contribution in [0.3, 0.4) is 0 Å². The minimum atomic E-state index is -0.275. The zero-order valence-corrected chi connectivity index (χ0v) is 21.0. The van der Waals surface area contributed by atoms with Crippen LogP contribution in [0.15, 0.2) is 70.7 Å². The quantitative estimate of drug-likeness (QED) is 0.189. The third-order valence-corrected chi connectivity index (χ3v) is 7.17. The number of hydrogen-bond acceptors (Lipinski definition) is 7. The number of benzene rings is 2. The number of nitrogens with one attached hydrogen (secondary N) is 4. The lowest BCUT2D eigenvalue weighted by atomic mass is 10.2. The van der Waals surface area contributed by atoms with Crippen LogP contribution in [0, 0.1) is 20.8 Å². The topological polar surface area (TPSA) is 108 Å². The summed E-state index contributed by atoms with van der Waals surface area (Å²) in [6.07, 6.45) is 0. The van der Waals surface area contributed by atoms with Gasteiger partial charge in [-0.1, -0.05) is 18.2 Å². The van der Waals surface area contributed by atoms with Gasteiger partial charge in [-0.15, -0.1) is 11.3 Å². The van der Waals surface area contributed by atoms with E-state index in [9.17, 15) is 4.79 Å². The molecule has 3 heterocycles. The van der Waals surface area contributed by atoms with Crippen molar-refractivity contribution >= 4 is 61.5 Å². The van der Waals surface area contributed by atoms with Gasteiger partial charge >= 0.3 is 6.03 Å². The van der Waals surface area contributed by atoms with E-state index in [0.29, 0.717) is 22.5 Å². The molecule has 2 amide bonds. The van der Waals surface area contributed by atoms with Gasteiger partial charge in [0.05, 0.1) is 5.00 Å². The number of rotatable bonds is 6. The maximum Gasteiger partial charge on any atom is 0.324 e. The first-order valence-electron chi connectivity index (χ1n) is 10.9. The zero-order valence-electron chi connectivity index (χ0n) is 19.3. The molecule has 10 heteroatoms. The number of anilines is 4. The van der Waals surface area contributed by atoms with Crippen molar-refractivity contribution in [2.45, 2.75) is 30.8 Å². The Hall–Kier alpha value is -3.89. The molecule has 0 radical (unpaired) electrons. The van der Waals surface area contributed by atoms with E-state index in [4.69, 9.17) is 0 Å². The van der Waals surface area contributed by atoms with E-state index in [1.54, 1.807) is 11.3 Å². The van der Waals surface area contributed by atoms with Crippen LogP contribution in [0.25, 0.3) is 10.1 Å². The molecule has 3 aromatic heterocycles. The molecule has 0 aliphatic heterocycles. The lowest BCUT2D eigenvalue weighted by Crippen LogP contribution is -2.18. The predicted octanol–water partition coefficient (Wildman–Crippen LogP) is 6.88. The average Bonchev–Trinajstić information content (AvgIpc) is 3.40. The SMILES string of the molecule is Cc1cc(Nc2cc(C)[nH]n2)nc(Sc2ccc(NC(=O)Nc3cc4ccccc4s3)cc2C)n1. The maximum absolute atomic E-state index is 12.5. The number of amides is 2. The maximum atomic E-state index is 12.5. The molecule has 0 bridgehead atoms. The first-order valence-corrected chi connectivity index (χ1v) is 12.5. The Morgan fingerprint density at radius 2 is 1.80 bits per heavy atom. The van der Waals surface area contributed by atoms with Gasteiger partial charge in [0.1, 0.15) is 5.82 Å². The van der Waals surface area contributed by atoms with E-state index in [2.05, 4.69) is 36.1 Å². The fourth-order valence-corrected chi connectivity index (χ4v) is 5.37. The van der Waals surface area contributed by atoms with E-state index >= 15 is 0 Å². The second-order valence-electron chi connectivity index (χ2n) is 8.05. The molecule has 176 valence electrons. The van der Waals surface area contributed by atoms with Crippen molar-refractivity contribution in [1.29, 1.82) is 0 Å². The van der Waals surface area contributed by atoms with E-state index < -0.39 is 0 Å². The zero-order chi connectivity index (χ0) is 24.4. The molecule has 0 atom stereocenters. The Kier molecular flexibility index (Phi) is 6.39. The van der Waals surface area contributed by atoms with Gasteiger partial charge in [0.2, 0.25) is 0 Å². The highest BCUT2D eigenvalue weighted by Crippen LogP contribution is 2.32. The smallest absolute Gasteiger partial charge is 0.323 e.